The van der Waals surface area contributed by atoms with Crippen molar-refractivity contribution in [3.63, 3.8) is 0 Å². The first-order valence-electron chi connectivity index (χ1n) is 8.03. The second-order valence-electron chi connectivity index (χ2n) is 6.24. The first-order chi connectivity index (χ1) is 10.2. The smallest absolute Gasteiger partial charge is 0.192 e. The van der Waals surface area contributed by atoms with Crippen LogP contribution in [-0.4, -0.2) is 43.1 Å². The van der Waals surface area contributed by atoms with E-state index in [2.05, 4.69) is 47.0 Å². The van der Waals surface area contributed by atoms with Crippen molar-refractivity contribution in [3.05, 3.63) is 22.4 Å². The highest BCUT2D eigenvalue weighted by molar-refractivity contribution is 7.10. The summed E-state index contributed by atoms with van der Waals surface area (Å²) in [5.41, 5.74) is 0. The van der Waals surface area contributed by atoms with Crippen molar-refractivity contribution in [2.45, 2.75) is 50.7 Å². The maximum atomic E-state index is 4.76. The summed E-state index contributed by atoms with van der Waals surface area (Å²) in [6, 6.07) is 6.05. The lowest BCUT2D eigenvalue weighted by Crippen LogP contribution is -2.40. The average Bonchev–Trinajstić information content (AvgIpc) is 3.39. The predicted molar refractivity (Wildman–Crippen MR) is 90.0 cm³/mol. The second kappa shape index (κ2) is 6.79. The van der Waals surface area contributed by atoms with E-state index >= 15 is 0 Å². The molecule has 2 aliphatic carbocycles. The molecule has 1 heterocycles. The molecule has 1 aromatic heterocycles. The van der Waals surface area contributed by atoms with E-state index < -0.39 is 0 Å². The molecule has 2 fully saturated rings. The fourth-order valence-corrected chi connectivity index (χ4v) is 3.12. The molecule has 0 spiro atoms. The molecule has 116 valence electrons. The Bertz CT molecular complexity index is 463. The molecule has 1 aromatic rings. The number of guanidine groups is 1. The first-order valence-corrected chi connectivity index (χ1v) is 8.91. The second-order valence-corrected chi connectivity index (χ2v) is 7.22. The van der Waals surface area contributed by atoms with Crippen LogP contribution in [0.4, 0.5) is 0 Å². The third kappa shape index (κ3) is 4.71. The van der Waals surface area contributed by atoms with Crippen molar-refractivity contribution in [1.29, 1.82) is 0 Å². The Morgan fingerprint density at radius 3 is 2.86 bits per heavy atom. The number of hydrogen-bond donors (Lipinski definition) is 2. The minimum atomic E-state index is 0.316. The SMILES string of the molecule is C[C@H](NC(=NCCN(C)C1CC1)NC1CC1)c1cccs1. The third-order valence-corrected chi connectivity index (χ3v) is 5.19. The zero-order valence-corrected chi connectivity index (χ0v) is 13.8. The molecule has 1 atom stereocenters. The summed E-state index contributed by atoms with van der Waals surface area (Å²) in [6.45, 7) is 4.12. The molecule has 5 heteroatoms. The number of thiophene rings is 1. The Kier molecular flexibility index (Phi) is 4.80. The van der Waals surface area contributed by atoms with Gasteiger partial charge in [-0.2, -0.15) is 0 Å². The van der Waals surface area contributed by atoms with Gasteiger partial charge in [0, 0.05) is 23.5 Å². The molecule has 3 rings (SSSR count). The van der Waals surface area contributed by atoms with Crippen LogP contribution in [0, 0.1) is 0 Å². The highest BCUT2D eigenvalue weighted by Gasteiger charge is 2.26. The van der Waals surface area contributed by atoms with Crippen molar-refractivity contribution < 1.29 is 0 Å². The van der Waals surface area contributed by atoms with E-state index in [1.165, 1.54) is 30.6 Å². The third-order valence-electron chi connectivity index (χ3n) is 4.13. The zero-order chi connectivity index (χ0) is 14.7. The number of rotatable bonds is 7. The quantitative estimate of drug-likeness (QED) is 0.601. The summed E-state index contributed by atoms with van der Waals surface area (Å²) in [7, 11) is 2.21. The van der Waals surface area contributed by atoms with Crippen molar-refractivity contribution in [2.75, 3.05) is 20.1 Å². The van der Waals surface area contributed by atoms with E-state index in [0.717, 1.165) is 25.1 Å². The van der Waals surface area contributed by atoms with Crippen LogP contribution in [0.25, 0.3) is 0 Å². The van der Waals surface area contributed by atoms with E-state index in [9.17, 15) is 0 Å². The van der Waals surface area contributed by atoms with Crippen LogP contribution in [0.2, 0.25) is 0 Å². The highest BCUT2D eigenvalue weighted by Crippen LogP contribution is 2.24. The molecule has 2 saturated carbocycles. The lowest BCUT2D eigenvalue weighted by Gasteiger charge is -2.18. The van der Waals surface area contributed by atoms with Crippen LogP contribution in [0.3, 0.4) is 0 Å². The van der Waals surface area contributed by atoms with E-state index in [0.29, 0.717) is 12.1 Å². The van der Waals surface area contributed by atoms with Gasteiger partial charge in [-0.05, 0) is 51.1 Å². The van der Waals surface area contributed by atoms with Gasteiger partial charge < -0.3 is 15.5 Å². The molecule has 0 amide bonds. The van der Waals surface area contributed by atoms with Crippen molar-refractivity contribution in [3.8, 4) is 0 Å². The molecule has 2 aliphatic rings. The fraction of sp³-hybridized carbons (Fsp3) is 0.688. The standard InChI is InChI=1S/C16H26N4S/c1-12(15-4-3-11-21-15)18-16(19-13-5-6-13)17-9-10-20(2)14-7-8-14/h3-4,11-14H,5-10H2,1-2H3,(H2,17,18,19)/t12-/m0/s1. The van der Waals surface area contributed by atoms with Crippen molar-refractivity contribution in [1.82, 2.24) is 15.5 Å². The lowest BCUT2D eigenvalue weighted by atomic mass is 10.3. The van der Waals surface area contributed by atoms with Crippen molar-refractivity contribution in [2.24, 2.45) is 4.99 Å². The van der Waals surface area contributed by atoms with Gasteiger partial charge in [-0.1, -0.05) is 6.07 Å². The summed E-state index contributed by atoms with van der Waals surface area (Å²) in [5, 5.41) is 9.20. The van der Waals surface area contributed by atoms with Gasteiger partial charge in [-0.3, -0.25) is 4.99 Å². The lowest BCUT2D eigenvalue weighted by molar-refractivity contribution is 0.333. The van der Waals surface area contributed by atoms with Crippen LogP contribution < -0.4 is 10.6 Å². The van der Waals surface area contributed by atoms with Gasteiger partial charge in [-0.25, -0.2) is 0 Å². The molecule has 0 aromatic carbocycles. The molecule has 2 N–H and O–H groups in total. The molecular formula is C16H26N4S. The van der Waals surface area contributed by atoms with E-state index in [4.69, 9.17) is 4.99 Å². The number of likely N-dealkylation sites (N-methyl/N-ethyl adjacent to an activating group) is 1. The number of nitrogens with one attached hydrogen (secondary N) is 2. The predicted octanol–water partition coefficient (Wildman–Crippen LogP) is 2.60. The van der Waals surface area contributed by atoms with Crippen LogP contribution in [0.15, 0.2) is 22.5 Å². The Morgan fingerprint density at radius 1 is 1.43 bits per heavy atom. The normalized spacial score (nSPS) is 20.6. The monoisotopic (exact) mass is 306 g/mol. The van der Waals surface area contributed by atoms with E-state index in [1.807, 2.05) is 0 Å². The highest BCUT2D eigenvalue weighted by atomic mass is 32.1. The summed E-state index contributed by atoms with van der Waals surface area (Å²) in [6.07, 6.45) is 5.27. The molecule has 0 saturated heterocycles. The summed E-state index contributed by atoms with van der Waals surface area (Å²) in [5.74, 6) is 0.975. The Balaban J connectivity index is 1.51. The van der Waals surface area contributed by atoms with Crippen LogP contribution in [0.1, 0.15) is 43.5 Å². The van der Waals surface area contributed by atoms with E-state index in [1.54, 1.807) is 11.3 Å². The number of aliphatic imine (C=N–C) groups is 1. The number of nitrogens with zero attached hydrogens (tertiary/aromatic N) is 2. The zero-order valence-electron chi connectivity index (χ0n) is 13.0. The minimum absolute atomic E-state index is 0.316. The van der Waals surface area contributed by atoms with Crippen LogP contribution >= 0.6 is 11.3 Å². The minimum Gasteiger partial charge on any atom is -0.354 e. The average molecular weight is 306 g/mol. The van der Waals surface area contributed by atoms with Gasteiger partial charge in [0.15, 0.2) is 5.96 Å². The molecule has 0 aliphatic heterocycles. The Labute approximate surface area is 131 Å². The van der Waals surface area contributed by atoms with Gasteiger partial charge >= 0.3 is 0 Å². The first kappa shape index (κ1) is 14.9. The molecule has 0 unspecified atom stereocenters. The van der Waals surface area contributed by atoms with Gasteiger partial charge in [0.1, 0.15) is 0 Å². The largest absolute Gasteiger partial charge is 0.354 e. The van der Waals surface area contributed by atoms with Gasteiger partial charge in [0.2, 0.25) is 0 Å². The Morgan fingerprint density at radius 2 is 2.24 bits per heavy atom. The van der Waals surface area contributed by atoms with E-state index in [-0.39, 0.29) is 0 Å². The molecular weight excluding hydrogens is 280 g/mol. The maximum Gasteiger partial charge on any atom is 0.192 e. The Hall–Kier alpha value is -1.07. The fourth-order valence-electron chi connectivity index (χ4n) is 2.39. The summed E-state index contributed by atoms with van der Waals surface area (Å²) >= 11 is 1.79. The van der Waals surface area contributed by atoms with Crippen LogP contribution in [-0.2, 0) is 0 Å². The topological polar surface area (TPSA) is 39.7 Å². The van der Waals surface area contributed by atoms with Gasteiger partial charge in [0.25, 0.3) is 0 Å². The maximum absolute atomic E-state index is 4.76. The van der Waals surface area contributed by atoms with Crippen molar-refractivity contribution >= 4 is 17.3 Å². The molecule has 0 radical (unpaired) electrons. The molecule has 0 bridgehead atoms. The summed E-state index contributed by atoms with van der Waals surface area (Å²) < 4.78 is 0. The van der Waals surface area contributed by atoms with Crippen LogP contribution in [0.5, 0.6) is 0 Å². The van der Waals surface area contributed by atoms with Gasteiger partial charge in [-0.15, -0.1) is 11.3 Å². The summed E-state index contributed by atoms with van der Waals surface area (Å²) in [4.78, 5) is 8.55. The molecule has 4 nitrogen and oxygen atoms in total. The number of hydrogen-bond acceptors (Lipinski definition) is 3. The van der Waals surface area contributed by atoms with Gasteiger partial charge in [0.05, 0.1) is 12.6 Å². The molecule has 21 heavy (non-hydrogen) atoms.